The zero-order valence-corrected chi connectivity index (χ0v) is 13.7. The van der Waals surface area contributed by atoms with Crippen LogP contribution in [-0.2, 0) is 4.79 Å². The number of carbonyl (C=O) groups is 1. The summed E-state index contributed by atoms with van der Waals surface area (Å²) in [6.07, 6.45) is -4.44. The van der Waals surface area contributed by atoms with Crippen LogP contribution in [0.4, 0.5) is 13.2 Å². The lowest BCUT2D eigenvalue weighted by Gasteiger charge is -2.09. The third-order valence-electron chi connectivity index (χ3n) is 3.25. The SMILES string of the molecule is O=C(COc1ccc(-c2nc3ccccc3s2)cc1)NCC(F)(F)F. The van der Waals surface area contributed by atoms with E-state index in [2.05, 4.69) is 4.98 Å². The molecule has 0 fully saturated rings. The Balaban J connectivity index is 1.59. The van der Waals surface area contributed by atoms with Gasteiger partial charge in [-0.15, -0.1) is 11.3 Å². The molecule has 0 radical (unpaired) electrons. The molecule has 130 valence electrons. The number of benzene rings is 2. The van der Waals surface area contributed by atoms with Crippen LogP contribution in [0.25, 0.3) is 20.8 Å². The molecule has 1 amide bonds. The number of alkyl halides is 3. The summed E-state index contributed by atoms with van der Waals surface area (Å²) in [5, 5.41) is 2.60. The highest BCUT2D eigenvalue weighted by Crippen LogP contribution is 2.30. The first kappa shape index (κ1) is 17.2. The molecule has 25 heavy (non-hydrogen) atoms. The van der Waals surface area contributed by atoms with Crippen LogP contribution < -0.4 is 10.1 Å². The van der Waals surface area contributed by atoms with Crippen LogP contribution in [0.3, 0.4) is 0 Å². The highest BCUT2D eigenvalue weighted by Gasteiger charge is 2.27. The van der Waals surface area contributed by atoms with Crippen LogP contribution in [0.15, 0.2) is 48.5 Å². The first-order valence-corrected chi connectivity index (χ1v) is 8.15. The summed E-state index contributed by atoms with van der Waals surface area (Å²) in [5.41, 5.74) is 1.82. The molecule has 0 atom stereocenters. The molecule has 4 nitrogen and oxygen atoms in total. The van der Waals surface area contributed by atoms with Crippen LogP contribution in [0.2, 0.25) is 0 Å². The number of hydrogen-bond donors (Lipinski definition) is 1. The second-order valence-electron chi connectivity index (χ2n) is 5.19. The molecule has 0 unspecified atom stereocenters. The number of thiazole rings is 1. The molecule has 3 aromatic rings. The van der Waals surface area contributed by atoms with Crippen molar-refractivity contribution in [3.63, 3.8) is 0 Å². The van der Waals surface area contributed by atoms with Gasteiger partial charge >= 0.3 is 6.18 Å². The standard InChI is InChI=1S/C17H13F3N2O2S/c18-17(19,20)10-21-15(23)9-24-12-7-5-11(6-8-12)16-22-13-3-1-2-4-14(13)25-16/h1-8H,9-10H2,(H,21,23). The summed E-state index contributed by atoms with van der Waals surface area (Å²) in [7, 11) is 0. The van der Waals surface area contributed by atoms with E-state index in [1.165, 1.54) is 0 Å². The Hall–Kier alpha value is -2.61. The van der Waals surface area contributed by atoms with E-state index in [0.717, 1.165) is 20.8 Å². The van der Waals surface area contributed by atoms with Crippen LogP contribution >= 0.6 is 11.3 Å². The Kier molecular flexibility index (Phi) is 4.89. The molecule has 0 aliphatic rings. The summed E-state index contributed by atoms with van der Waals surface area (Å²) in [6.45, 7) is -1.84. The molecule has 1 aromatic heterocycles. The Morgan fingerprint density at radius 2 is 1.84 bits per heavy atom. The Morgan fingerprint density at radius 3 is 2.52 bits per heavy atom. The molecule has 2 aromatic carbocycles. The minimum Gasteiger partial charge on any atom is -0.484 e. The Bertz CT molecular complexity index is 842. The van der Waals surface area contributed by atoms with Gasteiger partial charge in [0.2, 0.25) is 0 Å². The fraction of sp³-hybridized carbons (Fsp3) is 0.176. The average Bonchev–Trinajstić information content (AvgIpc) is 3.02. The molecule has 0 aliphatic heterocycles. The third-order valence-corrected chi connectivity index (χ3v) is 4.34. The highest BCUT2D eigenvalue weighted by molar-refractivity contribution is 7.21. The smallest absolute Gasteiger partial charge is 0.405 e. The Morgan fingerprint density at radius 1 is 1.12 bits per heavy atom. The zero-order valence-electron chi connectivity index (χ0n) is 12.8. The van der Waals surface area contributed by atoms with Crippen molar-refractivity contribution in [2.45, 2.75) is 6.18 Å². The van der Waals surface area contributed by atoms with Crippen LogP contribution in [0.5, 0.6) is 5.75 Å². The summed E-state index contributed by atoms with van der Waals surface area (Å²) < 4.78 is 42.3. The van der Waals surface area contributed by atoms with Crippen molar-refractivity contribution in [1.82, 2.24) is 10.3 Å². The topological polar surface area (TPSA) is 51.2 Å². The molecule has 3 rings (SSSR count). The largest absolute Gasteiger partial charge is 0.484 e. The quantitative estimate of drug-likeness (QED) is 0.742. The third kappa shape index (κ3) is 4.69. The van der Waals surface area contributed by atoms with Crippen LogP contribution in [-0.4, -0.2) is 30.2 Å². The van der Waals surface area contributed by atoms with Gasteiger partial charge in [0, 0.05) is 5.56 Å². The van der Waals surface area contributed by atoms with Gasteiger partial charge in [0.25, 0.3) is 5.91 Å². The van der Waals surface area contributed by atoms with E-state index in [9.17, 15) is 18.0 Å². The first-order chi connectivity index (χ1) is 11.9. The second-order valence-corrected chi connectivity index (χ2v) is 6.22. The van der Waals surface area contributed by atoms with Gasteiger partial charge in [-0.3, -0.25) is 4.79 Å². The van der Waals surface area contributed by atoms with E-state index in [4.69, 9.17) is 4.74 Å². The molecule has 0 spiro atoms. The number of carbonyl (C=O) groups excluding carboxylic acids is 1. The summed E-state index contributed by atoms with van der Waals surface area (Å²) in [6, 6.07) is 14.7. The molecule has 1 heterocycles. The van der Waals surface area contributed by atoms with Crippen molar-refractivity contribution >= 4 is 27.5 Å². The molecular formula is C17H13F3N2O2S. The van der Waals surface area contributed by atoms with Crippen LogP contribution in [0.1, 0.15) is 0 Å². The maximum absolute atomic E-state index is 12.0. The lowest BCUT2D eigenvalue weighted by atomic mass is 10.2. The van der Waals surface area contributed by atoms with Gasteiger partial charge in [0.15, 0.2) is 6.61 Å². The predicted molar refractivity (Wildman–Crippen MR) is 89.6 cm³/mol. The predicted octanol–water partition coefficient (Wildman–Crippen LogP) is 4.02. The van der Waals surface area contributed by atoms with E-state index in [-0.39, 0.29) is 0 Å². The Labute approximate surface area is 145 Å². The number of halogens is 3. The highest BCUT2D eigenvalue weighted by atomic mass is 32.1. The lowest BCUT2D eigenvalue weighted by molar-refractivity contribution is -0.139. The number of rotatable bonds is 5. The number of aromatic nitrogens is 1. The molecule has 1 N–H and O–H groups in total. The van der Waals surface area contributed by atoms with Gasteiger partial charge in [0.05, 0.1) is 10.2 Å². The van der Waals surface area contributed by atoms with Gasteiger partial charge in [-0.2, -0.15) is 13.2 Å². The molecule has 0 saturated heterocycles. The minimum absolute atomic E-state index is 0.395. The lowest BCUT2D eigenvalue weighted by Crippen LogP contribution is -2.36. The molecule has 0 saturated carbocycles. The summed E-state index contributed by atoms with van der Waals surface area (Å²) in [4.78, 5) is 15.8. The molecular weight excluding hydrogens is 353 g/mol. The number of hydrogen-bond acceptors (Lipinski definition) is 4. The van der Waals surface area contributed by atoms with E-state index in [0.29, 0.717) is 5.75 Å². The van der Waals surface area contributed by atoms with Gasteiger partial charge in [-0.25, -0.2) is 4.98 Å². The van der Waals surface area contributed by atoms with E-state index in [1.807, 2.05) is 24.3 Å². The normalized spacial score (nSPS) is 11.5. The summed E-state index contributed by atoms with van der Waals surface area (Å²) >= 11 is 1.56. The van der Waals surface area contributed by atoms with Crippen LogP contribution in [0, 0.1) is 0 Å². The number of ether oxygens (including phenoxy) is 1. The van der Waals surface area contributed by atoms with Crippen molar-refractivity contribution in [1.29, 1.82) is 0 Å². The van der Waals surface area contributed by atoms with E-state index < -0.39 is 25.2 Å². The van der Waals surface area contributed by atoms with E-state index >= 15 is 0 Å². The number of amides is 1. The van der Waals surface area contributed by atoms with Gasteiger partial charge in [-0.1, -0.05) is 12.1 Å². The second kappa shape index (κ2) is 7.10. The van der Waals surface area contributed by atoms with Crippen molar-refractivity contribution in [2.75, 3.05) is 13.2 Å². The first-order valence-electron chi connectivity index (χ1n) is 7.33. The molecule has 8 heteroatoms. The monoisotopic (exact) mass is 366 g/mol. The maximum atomic E-state index is 12.0. The summed E-state index contributed by atoms with van der Waals surface area (Å²) in [5.74, 6) is -0.431. The van der Waals surface area contributed by atoms with Crippen molar-refractivity contribution in [2.24, 2.45) is 0 Å². The van der Waals surface area contributed by atoms with Gasteiger partial charge in [0.1, 0.15) is 17.3 Å². The van der Waals surface area contributed by atoms with Gasteiger partial charge < -0.3 is 10.1 Å². The van der Waals surface area contributed by atoms with Crippen molar-refractivity contribution in [3.8, 4) is 16.3 Å². The van der Waals surface area contributed by atoms with E-state index in [1.54, 1.807) is 40.9 Å². The molecule has 0 bridgehead atoms. The van der Waals surface area contributed by atoms with Crippen molar-refractivity contribution < 1.29 is 22.7 Å². The fourth-order valence-electron chi connectivity index (χ4n) is 2.09. The number of fused-ring (bicyclic) bond motifs is 1. The number of nitrogens with zero attached hydrogens (tertiary/aromatic N) is 1. The molecule has 0 aliphatic carbocycles. The number of para-hydroxylation sites is 1. The minimum atomic E-state index is -4.44. The number of nitrogens with one attached hydrogen (secondary N) is 1. The van der Waals surface area contributed by atoms with Gasteiger partial charge in [-0.05, 0) is 36.4 Å². The van der Waals surface area contributed by atoms with Crippen molar-refractivity contribution in [3.05, 3.63) is 48.5 Å². The fourth-order valence-corrected chi connectivity index (χ4v) is 3.06. The average molecular weight is 366 g/mol. The zero-order chi connectivity index (χ0) is 17.9. The maximum Gasteiger partial charge on any atom is 0.405 e.